The van der Waals surface area contributed by atoms with Crippen molar-refractivity contribution >= 4 is 17.5 Å². The summed E-state index contributed by atoms with van der Waals surface area (Å²) in [5.41, 5.74) is 5.63. The average molecular weight is 237 g/mol. The quantitative estimate of drug-likeness (QED) is 0.771. The molecule has 0 aliphatic rings. The number of amides is 1. The van der Waals surface area contributed by atoms with Crippen LogP contribution in [0.1, 0.15) is 19.2 Å². The van der Waals surface area contributed by atoms with Crippen LogP contribution in [-0.2, 0) is 4.79 Å². The molecule has 0 aliphatic heterocycles. The van der Waals surface area contributed by atoms with Crippen LogP contribution < -0.4 is 16.0 Å². The lowest BCUT2D eigenvalue weighted by Crippen LogP contribution is -2.36. The highest BCUT2D eigenvalue weighted by atomic mass is 16.2. The Morgan fingerprint density at radius 3 is 2.82 bits per heavy atom. The lowest BCUT2D eigenvalue weighted by Gasteiger charge is -2.18. The van der Waals surface area contributed by atoms with Gasteiger partial charge in [0.1, 0.15) is 17.5 Å². The summed E-state index contributed by atoms with van der Waals surface area (Å²) in [6, 6.07) is 1.65. The summed E-state index contributed by atoms with van der Waals surface area (Å²) in [5, 5.41) is 2.81. The normalized spacial score (nSPS) is 10.1. The Balaban J connectivity index is 2.63. The van der Waals surface area contributed by atoms with Crippen molar-refractivity contribution in [1.29, 1.82) is 0 Å². The number of anilines is 2. The van der Waals surface area contributed by atoms with Crippen molar-refractivity contribution in [3.05, 3.63) is 11.9 Å². The first-order valence-electron chi connectivity index (χ1n) is 5.62. The van der Waals surface area contributed by atoms with Crippen LogP contribution in [0, 0.1) is 6.92 Å². The van der Waals surface area contributed by atoms with E-state index in [0.717, 1.165) is 6.42 Å². The van der Waals surface area contributed by atoms with Gasteiger partial charge in [0.05, 0.1) is 6.54 Å². The van der Waals surface area contributed by atoms with Gasteiger partial charge >= 0.3 is 0 Å². The zero-order valence-corrected chi connectivity index (χ0v) is 10.5. The number of aryl methyl sites for hydroxylation is 1. The summed E-state index contributed by atoms with van der Waals surface area (Å²) in [4.78, 5) is 21.5. The molecule has 0 saturated carbocycles. The van der Waals surface area contributed by atoms with Gasteiger partial charge < -0.3 is 16.0 Å². The second kappa shape index (κ2) is 6.03. The predicted octanol–water partition coefficient (Wildman–Crippen LogP) is 0.330. The third kappa shape index (κ3) is 4.26. The molecule has 6 heteroatoms. The topological polar surface area (TPSA) is 84.1 Å². The fourth-order valence-electron chi connectivity index (χ4n) is 1.39. The van der Waals surface area contributed by atoms with Gasteiger partial charge in [0, 0.05) is 19.7 Å². The molecule has 1 aromatic rings. The summed E-state index contributed by atoms with van der Waals surface area (Å²) in [6.45, 7) is 4.73. The SMILES string of the molecule is CCCNC(=O)CN(C)c1cc(N)nc(C)n1. The summed E-state index contributed by atoms with van der Waals surface area (Å²) in [6.07, 6.45) is 0.926. The van der Waals surface area contributed by atoms with E-state index in [4.69, 9.17) is 5.73 Å². The molecule has 3 N–H and O–H groups in total. The van der Waals surface area contributed by atoms with Crippen LogP contribution in [0.4, 0.5) is 11.6 Å². The highest BCUT2D eigenvalue weighted by Crippen LogP contribution is 2.11. The molecule has 0 fully saturated rings. The molecule has 0 spiro atoms. The van der Waals surface area contributed by atoms with Crippen LogP contribution >= 0.6 is 0 Å². The lowest BCUT2D eigenvalue weighted by atomic mass is 10.4. The third-order valence-electron chi connectivity index (χ3n) is 2.19. The number of likely N-dealkylation sites (N-methyl/N-ethyl adjacent to an activating group) is 1. The number of nitrogens with two attached hydrogens (primary N) is 1. The van der Waals surface area contributed by atoms with E-state index >= 15 is 0 Å². The molecule has 0 bridgehead atoms. The Bertz CT molecular complexity index is 373. The minimum Gasteiger partial charge on any atom is -0.384 e. The van der Waals surface area contributed by atoms with Crippen LogP contribution in [0.2, 0.25) is 0 Å². The summed E-state index contributed by atoms with van der Waals surface area (Å²) in [5.74, 6) is 1.64. The molecule has 0 aromatic carbocycles. The van der Waals surface area contributed by atoms with Crippen molar-refractivity contribution in [2.24, 2.45) is 0 Å². The summed E-state index contributed by atoms with van der Waals surface area (Å²) < 4.78 is 0. The van der Waals surface area contributed by atoms with Crippen LogP contribution in [-0.4, -0.2) is 36.0 Å². The second-order valence-corrected chi connectivity index (χ2v) is 3.90. The number of nitrogens with zero attached hydrogens (tertiary/aromatic N) is 3. The first kappa shape index (κ1) is 13.2. The van der Waals surface area contributed by atoms with E-state index < -0.39 is 0 Å². The summed E-state index contributed by atoms with van der Waals surface area (Å²) in [7, 11) is 1.80. The van der Waals surface area contributed by atoms with Crippen molar-refractivity contribution in [3.63, 3.8) is 0 Å². The molecular weight excluding hydrogens is 218 g/mol. The zero-order valence-electron chi connectivity index (χ0n) is 10.5. The largest absolute Gasteiger partial charge is 0.384 e. The van der Waals surface area contributed by atoms with Gasteiger partial charge in [-0.15, -0.1) is 0 Å². The molecule has 0 aliphatic carbocycles. The highest BCUT2D eigenvalue weighted by Gasteiger charge is 2.09. The van der Waals surface area contributed by atoms with Gasteiger partial charge in [-0.2, -0.15) is 0 Å². The number of aromatic nitrogens is 2. The molecule has 6 nitrogen and oxygen atoms in total. The molecule has 94 valence electrons. The monoisotopic (exact) mass is 237 g/mol. The maximum absolute atomic E-state index is 11.5. The molecule has 1 aromatic heterocycles. The molecule has 0 unspecified atom stereocenters. The van der Waals surface area contributed by atoms with E-state index in [0.29, 0.717) is 24.0 Å². The van der Waals surface area contributed by atoms with Gasteiger partial charge in [-0.1, -0.05) is 6.92 Å². The molecule has 1 heterocycles. The van der Waals surface area contributed by atoms with Gasteiger partial charge in [0.15, 0.2) is 0 Å². The minimum atomic E-state index is -0.0239. The van der Waals surface area contributed by atoms with Gasteiger partial charge in [-0.25, -0.2) is 9.97 Å². The average Bonchev–Trinajstić information content (AvgIpc) is 2.25. The summed E-state index contributed by atoms with van der Waals surface area (Å²) >= 11 is 0. The molecule has 17 heavy (non-hydrogen) atoms. The number of carbonyl (C=O) groups is 1. The Morgan fingerprint density at radius 1 is 1.53 bits per heavy atom. The number of carbonyl (C=O) groups excluding carboxylic acids is 1. The number of rotatable bonds is 5. The Hall–Kier alpha value is -1.85. The highest BCUT2D eigenvalue weighted by molar-refractivity contribution is 5.80. The molecular formula is C11H19N5O. The van der Waals surface area contributed by atoms with E-state index in [1.54, 1.807) is 24.9 Å². The van der Waals surface area contributed by atoms with E-state index in [1.165, 1.54) is 0 Å². The van der Waals surface area contributed by atoms with Gasteiger partial charge in [0.2, 0.25) is 5.91 Å². The van der Waals surface area contributed by atoms with Crippen molar-refractivity contribution in [1.82, 2.24) is 15.3 Å². The lowest BCUT2D eigenvalue weighted by molar-refractivity contribution is -0.119. The standard InChI is InChI=1S/C11H19N5O/c1-4-5-13-11(17)7-16(3)10-6-9(12)14-8(2)15-10/h6H,4-5,7H2,1-3H3,(H,13,17)(H2,12,14,15). The fourth-order valence-corrected chi connectivity index (χ4v) is 1.39. The fraction of sp³-hybridized carbons (Fsp3) is 0.545. The predicted molar refractivity (Wildman–Crippen MR) is 67.8 cm³/mol. The van der Waals surface area contributed by atoms with Crippen LogP contribution in [0.5, 0.6) is 0 Å². The Morgan fingerprint density at radius 2 is 2.24 bits per heavy atom. The number of hydrogen-bond donors (Lipinski definition) is 2. The van der Waals surface area contributed by atoms with Crippen molar-refractivity contribution in [2.45, 2.75) is 20.3 Å². The van der Waals surface area contributed by atoms with Gasteiger partial charge in [-0.05, 0) is 13.3 Å². The van der Waals surface area contributed by atoms with Crippen LogP contribution in [0.25, 0.3) is 0 Å². The van der Waals surface area contributed by atoms with E-state index in [2.05, 4.69) is 15.3 Å². The van der Waals surface area contributed by atoms with E-state index in [1.807, 2.05) is 6.92 Å². The molecule has 0 atom stereocenters. The van der Waals surface area contributed by atoms with Gasteiger partial charge in [0.25, 0.3) is 0 Å². The van der Waals surface area contributed by atoms with E-state index in [-0.39, 0.29) is 12.5 Å². The second-order valence-electron chi connectivity index (χ2n) is 3.90. The number of nitrogen functional groups attached to an aromatic ring is 1. The minimum absolute atomic E-state index is 0.0239. The smallest absolute Gasteiger partial charge is 0.239 e. The van der Waals surface area contributed by atoms with Crippen molar-refractivity contribution in [2.75, 3.05) is 30.8 Å². The molecule has 0 saturated heterocycles. The Labute approximate surface area is 101 Å². The molecule has 0 radical (unpaired) electrons. The number of nitrogens with one attached hydrogen (secondary N) is 1. The van der Waals surface area contributed by atoms with E-state index in [9.17, 15) is 4.79 Å². The van der Waals surface area contributed by atoms with Crippen LogP contribution in [0.3, 0.4) is 0 Å². The molecule has 1 amide bonds. The zero-order chi connectivity index (χ0) is 12.8. The first-order chi connectivity index (χ1) is 8.02. The maximum Gasteiger partial charge on any atom is 0.239 e. The van der Waals surface area contributed by atoms with Crippen molar-refractivity contribution < 1.29 is 4.79 Å². The maximum atomic E-state index is 11.5. The first-order valence-corrected chi connectivity index (χ1v) is 5.62. The van der Waals surface area contributed by atoms with Crippen molar-refractivity contribution in [3.8, 4) is 0 Å². The molecule has 1 rings (SSSR count). The van der Waals surface area contributed by atoms with Gasteiger partial charge in [-0.3, -0.25) is 4.79 Å². The number of hydrogen-bond acceptors (Lipinski definition) is 5. The Kier molecular flexibility index (Phi) is 4.68. The van der Waals surface area contributed by atoms with Crippen LogP contribution in [0.15, 0.2) is 6.07 Å². The third-order valence-corrected chi connectivity index (χ3v) is 2.19.